The highest BCUT2D eigenvalue weighted by Gasteiger charge is 2.21. The first-order valence-electron chi connectivity index (χ1n) is 8.62. The normalized spacial score (nSPS) is 28.1. The summed E-state index contributed by atoms with van der Waals surface area (Å²) in [4.78, 5) is 20.6. The second-order valence-electron chi connectivity index (χ2n) is 6.92. The molecule has 3 rings (SSSR count). The standard InChI is InChI=1S/C18H26N4O/c1-12-9-16(11-19-10-12)21-17-7-8-20-18(22-17)15-5-3-14(4-6-15)13(2)23/h5,7-8,12,14,16,19H,3-4,6,9-11H2,1-2H3,(H,20,21,22). The molecule has 1 aromatic heterocycles. The lowest BCUT2D eigenvalue weighted by molar-refractivity contribution is -0.120. The number of rotatable bonds is 4. The third-order valence-corrected chi connectivity index (χ3v) is 4.85. The Kier molecular flexibility index (Phi) is 5.06. The summed E-state index contributed by atoms with van der Waals surface area (Å²) in [5, 5.41) is 6.97. The van der Waals surface area contributed by atoms with E-state index in [1.54, 1.807) is 6.92 Å². The van der Waals surface area contributed by atoms with Gasteiger partial charge in [0.1, 0.15) is 11.6 Å². The van der Waals surface area contributed by atoms with Gasteiger partial charge in [-0.3, -0.25) is 4.79 Å². The lowest BCUT2D eigenvalue weighted by atomic mass is 9.87. The van der Waals surface area contributed by atoms with Crippen molar-refractivity contribution in [2.24, 2.45) is 11.8 Å². The second-order valence-corrected chi connectivity index (χ2v) is 6.92. The van der Waals surface area contributed by atoms with E-state index in [-0.39, 0.29) is 11.7 Å². The van der Waals surface area contributed by atoms with Crippen molar-refractivity contribution in [1.82, 2.24) is 15.3 Å². The van der Waals surface area contributed by atoms with E-state index in [1.165, 1.54) is 5.57 Å². The van der Waals surface area contributed by atoms with E-state index in [9.17, 15) is 4.79 Å². The minimum absolute atomic E-state index is 0.176. The summed E-state index contributed by atoms with van der Waals surface area (Å²) < 4.78 is 0. The molecule has 2 aliphatic rings. The van der Waals surface area contributed by atoms with E-state index in [1.807, 2.05) is 12.3 Å². The molecule has 0 aromatic carbocycles. The van der Waals surface area contributed by atoms with Crippen molar-refractivity contribution in [3.05, 3.63) is 24.2 Å². The van der Waals surface area contributed by atoms with Crippen LogP contribution in [0.5, 0.6) is 0 Å². The van der Waals surface area contributed by atoms with Gasteiger partial charge in [-0.1, -0.05) is 13.0 Å². The quantitative estimate of drug-likeness (QED) is 0.894. The van der Waals surface area contributed by atoms with Gasteiger partial charge in [0.05, 0.1) is 0 Å². The molecule has 3 atom stereocenters. The molecule has 2 N–H and O–H groups in total. The van der Waals surface area contributed by atoms with Crippen LogP contribution in [-0.2, 0) is 4.79 Å². The van der Waals surface area contributed by atoms with Crippen LogP contribution in [0.4, 0.5) is 5.82 Å². The number of hydrogen-bond donors (Lipinski definition) is 2. The molecule has 2 heterocycles. The third kappa shape index (κ3) is 4.16. The maximum atomic E-state index is 11.5. The monoisotopic (exact) mass is 314 g/mol. The summed E-state index contributed by atoms with van der Waals surface area (Å²) in [5.74, 6) is 2.84. The summed E-state index contributed by atoms with van der Waals surface area (Å²) in [7, 11) is 0. The van der Waals surface area contributed by atoms with Gasteiger partial charge in [-0.05, 0) is 56.7 Å². The van der Waals surface area contributed by atoms with Crippen LogP contribution >= 0.6 is 0 Å². The number of Topliss-reactive ketones (excluding diaryl/α,β-unsaturated/α-hetero) is 1. The molecule has 1 fully saturated rings. The fourth-order valence-corrected chi connectivity index (χ4v) is 3.48. The van der Waals surface area contributed by atoms with E-state index < -0.39 is 0 Å². The Labute approximate surface area is 138 Å². The van der Waals surface area contributed by atoms with Gasteiger partial charge in [-0.25, -0.2) is 9.97 Å². The summed E-state index contributed by atoms with van der Waals surface area (Å²) in [6, 6.07) is 2.36. The van der Waals surface area contributed by atoms with Gasteiger partial charge in [-0.2, -0.15) is 0 Å². The molecule has 0 spiro atoms. The maximum Gasteiger partial charge on any atom is 0.157 e. The number of carbonyl (C=O) groups is 1. The van der Waals surface area contributed by atoms with Crippen molar-refractivity contribution in [2.45, 2.75) is 45.6 Å². The van der Waals surface area contributed by atoms with Crippen LogP contribution in [0.2, 0.25) is 0 Å². The number of anilines is 1. The largest absolute Gasteiger partial charge is 0.366 e. The number of piperidine rings is 1. The summed E-state index contributed by atoms with van der Waals surface area (Å²) >= 11 is 0. The number of carbonyl (C=O) groups excluding carboxylic acids is 1. The molecule has 0 saturated carbocycles. The Hall–Kier alpha value is -1.75. The molecule has 1 aromatic rings. The molecule has 0 radical (unpaired) electrons. The molecular formula is C18H26N4O. The van der Waals surface area contributed by atoms with Gasteiger partial charge >= 0.3 is 0 Å². The molecule has 5 nitrogen and oxygen atoms in total. The molecule has 1 saturated heterocycles. The minimum Gasteiger partial charge on any atom is -0.366 e. The number of ketones is 1. The maximum absolute atomic E-state index is 11.5. The Morgan fingerprint density at radius 1 is 1.39 bits per heavy atom. The van der Waals surface area contributed by atoms with Crippen molar-refractivity contribution in [3.63, 3.8) is 0 Å². The molecule has 23 heavy (non-hydrogen) atoms. The highest BCUT2D eigenvalue weighted by molar-refractivity contribution is 5.79. The molecule has 1 aliphatic heterocycles. The number of aromatic nitrogens is 2. The predicted molar refractivity (Wildman–Crippen MR) is 92.1 cm³/mol. The minimum atomic E-state index is 0.176. The fourth-order valence-electron chi connectivity index (χ4n) is 3.48. The van der Waals surface area contributed by atoms with E-state index in [0.29, 0.717) is 12.0 Å². The molecular weight excluding hydrogens is 288 g/mol. The highest BCUT2D eigenvalue weighted by atomic mass is 16.1. The Bertz CT molecular complexity index is 598. The van der Waals surface area contributed by atoms with Crippen LogP contribution in [-0.4, -0.2) is 34.9 Å². The zero-order chi connectivity index (χ0) is 16.2. The third-order valence-electron chi connectivity index (χ3n) is 4.85. The van der Waals surface area contributed by atoms with Crippen LogP contribution in [0.25, 0.3) is 5.57 Å². The van der Waals surface area contributed by atoms with E-state index in [0.717, 1.165) is 50.4 Å². The van der Waals surface area contributed by atoms with Crippen LogP contribution in [0, 0.1) is 11.8 Å². The summed E-state index contributed by atoms with van der Waals surface area (Å²) in [6.07, 6.45) is 7.73. The van der Waals surface area contributed by atoms with Gasteiger partial charge in [0.25, 0.3) is 0 Å². The Morgan fingerprint density at radius 3 is 2.96 bits per heavy atom. The summed E-state index contributed by atoms with van der Waals surface area (Å²) in [5.41, 5.74) is 1.17. The fraction of sp³-hybridized carbons (Fsp3) is 0.611. The molecule has 1 aliphatic carbocycles. The van der Waals surface area contributed by atoms with Crippen LogP contribution in [0.1, 0.15) is 45.4 Å². The SMILES string of the molecule is CC(=O)C1CC=C(c2nccc(NC3CNCC(C)C3)n2)CC1. The van der Waals surface area contributed by atoms with Gasteiger partial charge in [0.15, 0.2) is 5.82 Å². The zero-order valence-electron chi connectivity index (χ0n) is 14.0. The smallest absolute Gasteiger partial charge is 0.157 e. The molecule has 0 bridgehead atoms. The first-order valence-corrected chi connectivity index (χ1v) is 8.62. The van der Waals surface area contributed by atoms with Crippen molar-refractivity contribution >= 4 is 17.2 Å². The molecule has 0 amide bonds. The molecule has 3 unspecified atom stereocenters. The van der Waals surface area contributed by atoms with Gasteiger partial charge in [-0.15, -0.1) is 0 Å². The lowest BCUT2D eigenvalue weighted by Gasteiger charge is -2.29. The predicted octanol–water partition coefficient (Wildman–Crippen LogP) is 2.66. The van der Waals surface area contributed by atoms with Crippen molar-refractivity contribution in [1.29, 1.82) is 0 Å². The van der Waals surface area contributed by atoms with Crippen LogP contribution < -0.4 is 10.6 Å². The van der Waals surface area contributed by atoms with Crippen molar-refractivity contribution < 1.29 is 4.79 Å². The van der Waals surface area contributed by atoms with Gasteiger partial charge in [0.2, 0.25) is 0 Å². The number of nitrogens with zero attached hydrogens (tertiary/aromatic N) is 2. The van der Waals surface area contributed by atoms with Gasteiger partial charge in [0, 0.05) is 24.7 Å². The van der Waals surface area contributed by atoms with E-state index in [2.05, 4.69) is 33.6 Å². The van der Waals surface area contributed by atoms with E-state index >= 15 is 0 Å². The Morgan fingerprint density at radius 2 is 2.26 bits per heavy atom. The number of allylic oxidation sites excluding steroid dienone is 2. The number of nitrogens with one attached hydrogen (secondary N) is 2. The molecule has 124 valence electrons. The van der Waals surface area contributed by atoms with Crippen molar-refractivity contribution in [2.75, 3.05) is 18.4 Å². The lowest BCUT2D eigenvalue weighted by Crippen LogP contribution is -2.42. The first-order chi connectivity index (χ1) is 11.1. The van der Waals surface area contributed by atoms with Gasteiger partial charge < -0.3 is 10.6 Å². The van der Waals surface area contributed by atoms with E-state index in [4.69, 9.17) is 0 Å². The average Bonchev–Trinajstić information content (AvgIpc) is 2.55. The number of hydrogen-bond acceptors (Lipinski definition) is 5. The van der Waals surface area contributed by atoms with Crippen LogP contribution in [0.3, 0.4) is 0 Å². The van der Waals surface area contributed by atoms with Crippen LogP contribution in [0.15, 0.2) is 18.3 Å². The highest BCUT2D eigenvalue weighted by Crippen LogP contribution is 2.29. The summed E-state index contributed by atoms with van der Waals surface area (Å²) in [6.45, 7) is 6.03. The first kappa shape index (κ1) is 16.1. The average molecular weight is 314 g/mol. The molecule has 5 heteroatoms. The zero-order valence-corrected chi connectivity index (χ0v) is 14.0. The van der Waals surface area contributed by atoms with Crippen molar-refractivity contribution in [3.8, 4) is 0 Å². The topological polar surface area (TPSA) is 66.9 Å². The Balaban J connectivity index is 1.67. The second kappa shape index (κ2) is 7.21.